The molecule has 0 amide bonds. The highest BCUT2D eigenvalue weighted by Gasteiger charge is 2.27. The van der Waals surface area contributed by atoms with E-state index in [2.05, 4.69) is 0 Å². The highest BCUT2D eigenvalue weighted by molar-refractivity contribution is 7.90. The maximum Gasteiger partial charge on any atom is 0.268 e. The fourth-order valence-electron chi connectivity index (χ4n) is 2.95. The van der Waals surface area contributed by atoms with Crippen LogP contribution in [-0.2, 0) is 16.4 Å². The Labute approximate surface area is 135 Å². The van der Waals surface area contributed by atoms with Crippen LogP contribution in [0.15, 0.2) is 59.5 Å². The first-order valence-corrected chi connectivity index (χ1v) is 8.86. The first-order valence-electron chi connectivity index (χ1n) is 7.42. The molecule has 23 heavy (non-hydrogen) atoms. The standard InChI is InChI=1S/C18H17NO3S/c1-3-16-18(13(2)20)15-11-7-8-12-17(15)19(16)23(21,22)14-9-5-4-6-10-14/h4-12H,3H2,1-2H3. The SMILES string of the molecule is CCc1c(C(C)=O)c2ccccc2n1S(=O)(=O)c1ccccc1. The van der Waals surface area contributed by atoms with Crippen molar-refractivity contribution in [3.8, 4) is 0 Å². The van der Waals surface area contributed by atoms with Crippen LogP contribution in [0.5, 0.6) is 0 Å². The molecule has 0 atom stereocenters. The third-order valence-electron chi connectivity index (χ3n) is 3.89. The van der Waals surface area contributed by atoms with Gasteiger partial charge in [0.1, 0.15) is 0 Å². The van der Waals surface area contributed by atoms with Crippen LogP contribution in [-0.4, -0.2) is 18.2 Å². The summed E-state index contributed by atoms with van der Waals surface area (Å²) in [5.41, 5.74) is 1.56. The van der Waals surface area contributed by atoms with Crippen molar-refractivity contribution in [3.05, 3.63) is 65.9 Å². The lowest BCUT2D eigenvalue weighted by Crippen LogP contribution is -2.16. The van der Waals surface area contributed by atoms with Crippen LogP contribution in [0.3, 0.4) is 0 Å². The number of rotatable bonds is 4. The minimum atomic E-state index is -3.76. The van der Waals surface area contributed by atoms with Gasteiger partial charge in [-0.05, 0) is 31.5 Å². The number of nitrogens with zero attached hydrogens (tertiary/aromatic N) is 1. The van der Waals surface area contributed by atoms with Crippen molar-refractivity contribution in [2.75, 3.05) is 0 Å². The molecule has 0 saturated heterocycles. The van der Waals surface area contributed by atoms with Gasteiger partial charge < -0.3 is 0 Å². The first-order chi connectivity index (χ1) is 11.0. The van der Waals surface area contributed by atoms with Crippen molar-refractivity contribution in [3.63, 3.8) is 0 Å². The molecule has 118 valence electrons. The largest absolute Gasteiger partial charge is 0.294 e. The van der Waals surface area contributed by atoms with Gasteiger partial charge in [0.2, 0.25) is 0 Å². The van der Waals surface area contributed by atoms with Gasteiger partial charge in [-0.1, -0.05) is 43.3 Å². The van der Waals surface area contributed by atoms with Crippen LogP contribution in [0, 0.1) is 0 Å². The number of carbonyl (C=O) groups excluding carboxylic acids is 1. The van der Waals surface area contributed by atoms with E-state index in [1.54, 1.807) is 48.5 Å². The van der Waals surface area contributed by atoms with E-state index in [4.69, 9.17) is 0 Å². The molecule has 1 heterocycles. The van der Waals surface area contributed by atoms with Crippen molar-refractivity contribution < 1.29 is 13.2 Å². The maximum absolute atomic E-state index is 13.1. The molecule has 0 fully saturated rings. The van der Waals surface area contributed by atoms with E-state index in [-0.39, 0.29) is 10.7 Å². The quantitative estimate of drug-likeness (QED) is 0.687. The van der Waals surface area contributed by atoms with Gasteiger partial charge in [-0.15, -0.1) is 0 Å². The Morgan fingerprint density at radius 1 is 1.00 bits per heavy atom. The third-order valence-corrected chi connectivity index (χ3v) is 5.66. The minimum absolute atomic E-state index is 0.125. The third kappa shape index (κ3) is 2.37. The fraction of sp³-hybridized carbons (Fsp3) is 0.167. The molecule has 0 spiro atoms. The van der Waals surface area contributed by atoms with Crippen LogP contribution in [0.2, 0.25) is 0 Å². The van der Waals surface area contributed by atoms with Crippen LogP contribution in [0.1, 0.15) is 29.9 Å². The van der Waals surface area contributed by atoms with Crippen LogP contribution >= 0.6 is 0 Å². The predicted molar refractivity (Wildman–Crippen MR) is 90.3 cm³/mol. The number of hydrogen-bond donors (Lipinski definition) is 0. The van der Waals surface area contributed by atoms with E-state index in [9.17, 15) is 13.2 Å². The van der Waals surface area contributed by atoms with Gasteiger partial charge in [0.25, 0.3) is 10.0 Å². The van der Waals surface area contributed by atoms with Gasteiger partial charge in [0, 0.05) is 16.6 Å². The summed E-state index contributed by atoms with van der Waals surface area (Å²) >= 11 is 0. The number of hydrogen-bond acceptors (Lipinski definition) is 3. The van der Waals surface area contributed by atoms with Crippen molar-refractivity contribution in [1.29, 1.82) is 0 Å². The number of ketones is 1. The van der Waals surface area contributed by atoms with Crippen molar-refractivity contribution in [2.45, 2.75) is 25.2 Å². The Morgan fingerprint density at radius 3 is 2.22 bits per heavy atom. The molecule has 3 rings (SSSR count). The summed E-state index contributed by atoms with van der Waals surface area (Å²) in [4.78, 5) is 12.3. The molecule has 0 radical (unpaired) electrons. The molecule has 0 unspecified atom stereocenters. The minimum Gasteiger partial charge on any atom is -0.294 e. The number of Topliss-reactive ketones (excluding diaryl/α,β-unsaturated/α-hetero) is 1. The maximum atomic E-state index is 13.1. The highest BCUT2D eigenvalue weighted by atomic mass is 32.2. The van der Waals surface area contributed by atoms with Gasteiger partial charge in [-0.3, -0.25) is 4.79 Å². The number of fused-ring (bicyclic) bond motifs is 1. The summed E-state index contributed by atoms with van der Waals surface area (Å²) in [7, 11) is -3.76. The van der Waals surface area contributed by atoms with Gasteiger partial charge in [-0.2, -0.15) is 0 Å². The Bertz CT molecular complexity index is 986. The number of benzene rings is 2. The number of carbonyl (C=O) groups is 1. The highest BCUT2D eigenvalue weighted by Crippen LogP contribution is 2.31. The molecule has 0 aliphatic carbocycles. The van der Waals surface area contributed by atoms with Crippen LogP contribution in [0.4, 0.5) is 0 Å². The van der Waals surface area contributed by atoms with E-state index >= 15 is 0 Å². The molecule has 2 aromatic carbocycles. The predicted octanol–water partition coefficient (Wildman–Crippen LogP) is 3.64. The first kappa shape index (κ1) is 15.5. The average molecular weight is 327 g/mol. The molecule has 0 saturated carbocycles. The Kier molecular flexibility index (Phi) is 3.82. The smallest absolute Gasteiger partial charge is 0.268 e. The van der Waals surface area contributed by atoms with Crippen molar-refractivity contribution in [2.24, 2.45) is 0 Å². The van der Waals surface area contributed by atoms with Crippen LogP contribution < -0.4 is 0 Å². The fourth-order valence-corrected chi connectivity index (χ4v) is 4.59. The monoisotopic (exact) mass is 327 g/mol. The second-order valence-electron chi connectivity index (χ2n) is 5.33. The molecular weight excluding hydrogens is 310 g/mol. The van der Waals surface area contributed by atoms with Crippen molar-refractivity contribution in [1.82, 2.24) is 3.97 Å². The second kappa shape index (κ2) is 5.66. The zero-order valence-electron chi connectivity index (χ0n) is 13.0. The van der Waals surface area contributed by atoms with E-state index in [1.165, 1.54) is 10.9 Å². The normalized spacial score (nSPS) is 11.7. The van der Waals surface area contributed by atoms with E-state index < -0.39 is 10.0 Å². The van der Waals surface area contributed by atoms with Gasteiger partial charge in [0.15, 0.2) is 5.78 Å². The lowest BCUT2D eigenvalue weighted by Gasteiger charge is -2.11. The Morgan fingerprint density at radius 2 is 1.61 bits per heavy atom. The Hall–Kier alpha value is -2.40. The summed E-state index contributed by atoms with van der Waals surface area (Å²) in [5, 5.41) is 0.677. The summed E-state index contributed by atoms with van der Waals surface area (Å²) in [6.45, 7) is 3.33. The second-order valence-corrected chi connectivity index (χ2v) is 7.12. The number of aromatic nitrogens is 1. The summed E-state index contributed by atoms with van der Waals surface area (Å²) < 4.78 is 27.5. The molecule has 5 heteroatoms. The van der Waals surface area contributed by atoms with E-state index in [0.29, 0.717) is 28.6 Å². The lowest BCUT2D eigenvalue weighted by molar-refractivity contribution is 0.101. The molecule has 0 aliphatic rings. The van der Waals surface area contributed by atoms with Crippen LogP contribution in [0.25, 0.3) is 10.9 Å². The topological polar surface area (TPSA) is 56.1 Å². The number of para-hydroxylation sites is 1. The zero-order valence-corrected chi connectivity index (χ0v) is 13.8. The Balaban J connectivity index is 2.45. The molecular formula is C18H17NO3S. The molecule has 4 nitrogen and oxygen atoms in total. The zero-order chi connectivity index (χ0) is 16.6. The summed E-state index contributed by atoms with van der Waals surface area (Å²) in [6, 6.07) is 15.4. The van der Waals surface area contributed by atoms with Gasteiger partial charge in [-0.25, -0.2) is 12.4 Å². The van der Waals surface area contributed by atoms with Crippen molar-refractivity contribution >= 4 is 26.7 Å². The molecule has 3 aromatic rings. The summed E-state index contributed by atoms with van der Waals surface area (Å²) in [5.74, 6) is -0.125. The molecule has 0 bridgehead atoms. The molecule has 0 aliphatic heterocycles. The molecule has 1 aromatic heterocycles. The van der Waals surface area contributed by atoms with Gasteiger partial charge >= 0.3 is 0 Å². The average Bonchev–Trinajstić information content (AvgIpc) is 2.90. The molecule has 0 N–H and O–H groups in total. The van der Waals surface area contributed by atoms with Gasteiger partial charge in [0.05, 0.1) is 10.4 Å². The summed E-state index contributed by atoms with van der Waals surface area (Å²) in [6.07, 6.45) is 0.454. The lowest BCUT2D eigenvalue weighted by atomic mass is 10.1. The van der Waals surface area contributed by atoms with E-state index in [1.807, 2.05) is 13.0 Å². The van der Waals surface area contributed by atoms with E-state index in [0.717, 1.165) is 0 Å².